The molecule has 1 unspecified atom stereocenters. The first-order valence-electron chi connectivity index (χ1n) is 4.83. The van der Waals surface area contributed by atoms with E-state index >= 15 is 0 Å². The van der Waals surface area contributed by atoms with Gasteiger partial charge in [0, 0.05) is 5.56 Å². The van der Waals surface area contributed by atoms with E-state index in [-0.39, 0.29) is 12.4 Å². The number of rotatable bonds is 1. The molecule has 0 aliphatic heterocycles. The standard InChI is InChI=1S/C12H14O2/c1-8-4-3-5-9-10(8)6-12(2,7-13)11(9)14/h3-5,13H,6-7H2,1-2H3. The minimum absolute atomic E-state index is 0.0695. The second-order valence-electron chi connectivity index (χ2n) is 4.33. The van der Waals surface area contributed by atoms with Gasteiger partial charge in [-0.2, -0.15) is 0 Å². The first kappa shape index (κ1) is 9.41. The largest absolute Gasteiger partial charge is 0.395 e. The van der Waals surface area contributed by atoms with Crippen molar-refractivity contribution in [2.75, 3.05) is 6.61 Å². The van der Waals surface area contributed by atoms with Crippen LogP contribution in [0.5, 0.6) is 0 Å². The van der Waals surface area contributed by atoms with Gasteiger partial charge in [0.1, 0.15) is 0 Å². The van der Waals surface area contributed by atoms with E-state index in [0.29, 0.717) is 6.42 Å². The van der Waals surface area contributed by atoms with Gasteiger partial charge in [-0.15, -0.1) is 0 Å². The van der Waals surface area contributed by atoms with Gasteiger partial charge in [0.2, 0.25) is 0 Å². The highest BCUT2D eigenvalue weighted by Crippen LogP contribution is 2.37. The van der Waals surface area contributed by atoms with E-state index in [9.17, 15) is 9.90 Å². The average Bonchev–Trinajstić information content (AvgIpc) is 2.44. The van der Waals surface area contributed by atoms with E-state index < -0.39 is 5.41 Å². The number of aliphatic hydroxyl groups is 1. The monoisotopic (exact) mass is 190 g/mol. The molecule has 0 amide bonds. The third-order valence-electron chi connectivity index (χ3n) is 3.12. The van der Waals surface area contributed by atoms with Crippen LogP contribution in [0.15, 0.2) is 18.2 Å². The summed E-state index contributed by atoms with van der Waals surface area (Å²) in [5.74, 6) is 0.0821. The summed E-state index contributed by atoms with van der Waals surface area (Å²) in [5.41, 5.74) is 2.46. The highest BCUT2D eigenvalue weighted by atomic mass is 16.3. The van der Waals surface area contributed by atoms with Gasteiger partial charge in [-0.25, -0.2) is 0 Å². The molecule has 2 heteroatoms. The second kappa shape index (κ2) is 2.92. The summed E-state index contributed by atoms with van der Waals surface area (Å²) < 4.78 is 0. The molecule has 1 N–H and O–H groups in total. The number of ketones is 1. The maximum absolute atomic E-state index is 11.9. The lowest BCUT2D eigenvalue weighted by atomic mass is 9.87. The van der Waals surface area contributed by atoms with Crippen molar-refractivity contribution in [3.8, 4) is 0 Å². The topological polar surface area (TPSA) is 37.3 Å². The first-order valence-corrected chi connectivity index (χ1v) is 4.83. The molecule has 0 radical (unpaired) electrons. The zero-order chi connectivity index (χ0) is 10.3. The fourth-order valence-electron chi connectivity index (χ4n) is 2.07. The first-order chi connectivity index (χ1) is 6.58. The van der Waals surface area contributed by atoms with Gasteiger partial charge in [0.25, 0.3) is 0 Å². The van der Waals surface area contributed by atoms with Crippen LogP contribution in [0.3, 0.4) is 0 Å². The Balaban J connectivity index is 2.56. The molecule has 0 fully saturated rings. The van der Waals surface area contributed by atoms with E-state index in [2.05, 4.69) is 0 Å². The van der Waals surface area contributed by atoms with Gasteiger partial charge in [-0.3, -0.25) is 4.79 Å². The van der Waals surface area contributed by atoms with Crippen molar-refractivity contribution in [1.82, 2.24) is 0 Å². The Morgan fingerprint density at radius 3 is 2.79 bits per heavy atom. The lowest BCUT2D eigenvalue weighted by Gasteiger charge is -2.17. The summed E-state index contributed by atoms with van der Waals surface area (Å²) in [6.07, 6.45) is 0.671. The summed E-state index contributed by atoms with van der Waals surface area (Å²) in [7, 11) is 0. The quantitative estimate of drug-likeness (QED) is 0.732. The van der Waals surface area contributed by atoms with Crippen molar-refractivity contribution in [3.63, 3.8) is 0 Å². The molecule has 1 aromatic rings. The molecular weight excluding hydrogens is 176 g/mol. The Kier molecular flexibility index (Phi) is 1.96. The zero-order valence-electron chi connectivity index (χ0n) is 8.50. The molecule has 0 saturated heterocycles. The number of hydrogen-bond acceptors (Lipinski definition) is 2. The lowest BCUT2D eigenvalue weighted by Crippen LogP contribution is -2.28. The fourth-order valence-corrected chi connectivity index (χ4v) is 2.07. The fraction of sp³-hybridized carbons (Fsp3) is 0.417. The van der Waals surface area contributed by atoms with Crippen LogP contribution in [0.1, 0.15) is 28.4 Å². The van der Waals surface area contributed by atoms with Crippen molar-refractivity contribution in [2.24, 2.45) is 5.41 Å². The van der Waals surface area contributed by atoms with Crippen LogP contribution in [-0.2, 0) is 6.42 Å². The minimum atomic E-state index is -0.589. The minimum Gasteiger partial charge on any atom is -0.395 e. The molecule has 74 valence electrons. The number of carbonyl (C=O) groups excluding carboxylic acids is 1. The van der Waals surface area contributed by atoms with E-state index in [4.69, 9.17) is 0 Å². The molecule has 14 heavy (non-hydrogen) atoms. The normalized spacial score (nSPS) is 25.2. The Morgan fingerprint density at radius 2 is 2.21 bits per heavy atom. The van der Waals surface area contributed by atoms with Crippen LogP contribution in [0.25, 0.3) is 0 Å². The highest BCUT2D eigenvalue weighted by Gasteiger charge is 2.41. The number of Topliss-reactive ketones (excluding diaryl/α,β-unsaturated/α-hetero) is 1. The molecule has 0 saturated carbocycles. The average molecular weight is 190 g/mol. The van der Waals surface area contributed by atoms with E-state index in [1.165, 1.54) is 0 Å². The molecular formula is C12H14O2. The van der Waals surface area contributed by atoms with Crippen LogP contribution < -0.4 is 0 Å². The predicted molar refractivity (Wildman–Crippen MR) is 54.4 cm³/mol. The number of carbonyl (C=O) groups is 1. The van der Waals surface area contributed by atoms with Gasteiger partial charge < -0.3 is 5.11 Å². The summed E-state index contributed by atoms with van der Waals surface area (Å²) >= 11 is 0. The summed E-state index contributed by atoms with van der Waals surface area (Å²) in [5, 5.41) is 9.24. The molecule has 1 aromatic carbocycles. The van der Waals surface area contributed by atoms with E-state index in [1.807, 2.05) is 32.0 Å². The Morgan fingerprint density at radius 1 is 1.50 bits per heavy atom. The molecule has 0 spiro atoms. The van der Waals surface area contributed by atoms with Crippen molar-refractivity contribution in [2.45, 2.75) is 20.3 Å². The number of hydrogen-bond donors (Lipinski definition) is 1. The molecule has 0 heterocycles. The maximum Gasteiger partial charge on any atom is 0.171 e. The maximum atomic E-state index is 11.9. The zero-order valence-corrected chi connectivity index (χ0v) is 8.50. The molecule has 2 rings (SSSR count). The molecule has 2 nitrogen and oxygen atoms in total. The highest BCUT2D eigenvalue weighted by molar-refractivity contribution is 6.05. The summed E-state index contributed by atoms with van der Waals surface area (Å²) in [6, 6.07) is 5.76. The number of aliphatic hydroxyl groups excluding tert-OH is 1. The molecule has 1 atom stereocenters. The second-order valence-corrected chi connectivity index (χ2v) is 4.33. The van der Waals surface area contributed by atoms with E-state index in [1.54, 1.807) is 0 Å². The van der Waals surface area contributed by atoms with Crippen molar-refractivity contribution in [1.29, 1.82) is 0 Å². The van der Waals surface area contributed by atoms with Crippen molar-refractivity contribution >= 4 is 5.78 Å². The Bertz CT molecular complexity index is 395. The van der Waals surface area contributed by atoms with Crippen molar-refractivity contribution in [3.05, 3.63) is 34.9 Å². The van der Waals surface area contributed by atoms with Crippen LogP contribution >= 0.6 is 0 Å². The van der Waals surface area contributed by atoms with Gasteiger partial charge in [0.15, 0.2) is 5.78 Å². The van der Waals surface area contributed by atoms with Gasteiger partial charge in [-0.1, -0.05) is 18.2 Å². The van der Waals surface area contributed by atoms with Crippen LogP contribution in [-0.4, -0.2) is 17.5 Å². The van der Waals surface area contributed by atoms with Gasteiger partial charge >= 0.3 is 0 Å². The molecule has 1 aliphatic carbocycles. The third kappa shape index (κ3) is 1.11. The van der Waals surface area contributed by atoms with Crippen molar-refractivity contribution < 1.29 is 9.90 Å². The Hall–Kier alpha value is -1.15. The third-order valence-corrected chi connectivity index (χ3v) is 3.12. The SMILES string of the molecule is Cc1cccc2c1CC(C)(CO)C2=O. The van der Waals surface area contributed by atoms with Gasteiger partial charge in [0.05, 0.1) is 12.0 Å². The van der Waals surface area contributed by atoms with E-state index in [0.717, 1.165) is 16.7 Å². The summed E-state index contributed by atoms with van der Waals surface area (Å²) in [4.78, 5) is 11.9. The summed E-state index contributed by atoms with van der Waals surface area (Å²) in [6.45, 7) is 3.77. The lowest BCUT2D eigenvalue weighted by molar-refractivity contribution is 0.0722. The van der Waals surface area contributed by atoms with Crippen LogP contribution in [0.4, 0.5) is 0 Å². The number of fused-ring (bicyclic) bond motifs is 1. The van der Waals surface area contributed by atoms with Gasteiger partial charge in [-0.05, 0) is 31.4 Å². The molecule has 0 bridgehead atoms. The smallest absolute Gasteiger partial charge is 0.171 e. The predicted octanol–water partition coefficient (Wildman–Crippen LogP) is 1.73. The molecule has 0 aromatic heterocycles. The van der Waals surface area contributed by atoms with Crippen LogP contribution in [0, 0.1) is 12.3 Å². The number of benzene rings is 1. The number of aryl methyl sites for hydroxylation is 1. The molecule has 1 aliphatic rings. The Labute approximate surface area is 83.6 Å². The van der Waals surface area contributed by atoms with Crippen LogP contribution in [0.2, 0.25) is 0 Å².